The lowest BCUT2D eigenvalue weighted by atomic mass is 10.1. The fraction of sp³-hybridized carbons (Fsp3) is 0.688. The molecule has 2 aromatic heterocycles. The molecule has 9 nitrogen and oxygen atoms in total. The zero-order valence-corrected chi connectivity index (χ0v) is 16.9. The van der Waals surface area contributed by atoms with E-state index in [1.807, 2.05) is 20.8 Å². The lowest BCUT2D eigenvalue weighted by molar-refractivity contribution is -0.119. The minimum Gasteiger partial charge on any atom is -0.394 e. The third-order valence-electron chi connectivity index (χ3n) is 4.68. The van der Waals surface area contributed by atoms with Crippen LogP contribution in [-0.2, 0) is 14.8 Å². The van der Waals surface area contributed by atoms with E-state index in [-0.39, 0.29) is 12.4 Å². The monoisotopic (exact) mass is 381 g/mol. The molecule has 4 N–H and O–H groups in total. The summed E-state index contributed by atoms with van der Waals surface area (Å²) in [6.07, 6.45) is 0.612. The van der Waals surface area contributed by atoms with Crippen molar-refractivity contribution in [3.05, 3.63) is 12.7 Å². The molecule has 1 aliphatic rings. The van der Waals surface area contributed by atoms with Gasteiger partial charge in [-0.1, -0.05) is 13.1 Å². The van der Waals surface area contributed by atoms with Crippen molar-refractivity contribution in [3.63, 3.8) is 0 Å². The van der Waals surface area contributed by atoms with Crippen molar-refractivity contribution in [2.45, 2.75) is 63.1 Å². The summed E-state index contributed by atoms with van der Waals surface area (Å²) < 4.78 is 14.1. The van der Waals surface area contributed by atoms with Crippen LogP contribution in [0.15, 0.2) is 12.7 Å². The Morgan fingerprint density at radius 1 is 1.35 bits per heavy atom. The van der Waals surface area contributed by atoms with E-state index >= 15 is 0 Å². The predicted molar refractivity (Wildman–Crippen MR) is 99.2 cm³/mol. The van der Waals surface area contributed by atoms with E-state index in [4.69, 9.17) is 15.2 Å². The normalized spacial score (nSPS) is 29.8. The highest BCUT2D eigenvalue weighted by Gasteiger charge is 2.59. The van der Waals surface area contributed by atoms with Gasteiger partial charge in [-0.05, 0) is 20.8 Å². The SMILES string of the molecule is C[SiH](C)[C@@]1(n2cnc3c(N)ncnc32)O[C@H](CO)[C@@H](OC(C)(C)C)[C@H]1O. The molecular weight excluding hydrogens is 354 g/mol. The first-order chi connectivity index (χ1) is 12.1. The zero-order chi connectivity index (χ0) is 19.3. The summed E-state index contributed by atoms with van der Waals surface area (Å²) in [5.41, 5.74) is 6.35. The van der Waals surface area contributed by atoms with E-state index in [2.05, 4.69) is 28.0 Å². The van der Waals surface area contributed by atoms with Gasteiger partial charge in [0, 0.05) is 0 Å². The molecule has 1 saturated heterocycles. The number of nitrogens with zero attached hydrogens (tertiary/aromatic N) is 4. The smallest absolute Gasteiger partial charge is 0.167 e. The molecule has 1 fully saturated rings. The third kappa shape index (κ3) is 2.91. The van der Waals surface area contributed by atoms with E-state index in [1.165, 1.54) is 6.33 Å². The van der Waals surface area contributed by atoms with Crippen LogP contribution in [0.3, 0.4) is 0 Å². The maximum absolute atomic E-state index is 11.3. The Hall–Kier alpha value is -1.59. The van der Waals surface area contributed by atoms with Gasteiger partial charge in [0.15, 0.2) is 16.8 Å². The fourth-order valence-corrected chi connectivity index (χ4v) is 5.64. The van der Waals surface area contributed by atoms with Gasteiger partial charge < -0.3 is 25.4 Å². The summed E-state index contributed by atoms with van der Waals surface area (Å²) in [6, 6.07) is 0. The van der Waals surface area contributed by atoms with Crippen molar-refractivity contribution >= 4 is 25.8 Å². The van der Waals surface area contributed by atoms with Gasteiger partial charge in [0.05, 0.1) is 27.3 Å². The number of anilines is 1. The van der Waals surface area contributed by atoms with Gasteiger partial charge in [-0.25, -0.2) is 15.0 Å². The van der Waals surface area contributed by atoms with Crippen LogP contribution in [0.2, 0.25) is 13.1 Å². The average Bonchev–Trinajstić information content (AvgIpc) is 3.08. The van der Waals surface area contributed by atoms with Crippen LogP contribution in [0.25, 0.3) is 11.2 Å². The number of nitrogens with two attached hydrogens (primary N) is 1. The molecule has 0 spiro atoms. The van der Waals surface area contributed by atoms with E-state index < -0.39 is 38.1 Å². The molecule has 0 unspecified atom stereocenters. The molecule has 0 radical (unpaired) electrons. The maximum atomic E-state index is 11.3. The molecule has 0 saturated carbocycles. The number of aromatic nitrogens is 4. The van der Waals surface area contributed by atoms with Crippen LogP contribution in [0.1, 0.15) is 20.8 Å². The summed E-state index contributed by atoms with van der Waals surface area (Å²) in [5.74, 6) is 0.267. The molecule has 4 atom stereocenters. The number of fused-ring (bicyclic) bond motifs is 1. The number of aliphatic hydroxyl groups is 2. The molecule has 0 aromatic carbocycles. The van der Waals surface area contributed by atoms with E-state index in [9.17, 15) is 10.2 Å². The van der Waals surface area contributed by atoms with E-state index in [0.29, 0.717) is 11.2 Å². The average molecular weight is 382 g/mol. The molecule has 2 aromatic rings. The largest absolute Gasteiger partial charge is 0.394 e. The second-order valence-electron chi connectivity index (χ2n) is 7.93. The number of nitrogen functional groups attached to an aromatic ring is 1. The van der Waals surface area contributed by atoms with Crippen molar-refractivity contribution < 1.29 is 19.7 Å². The predicted octanol–water partition coefficient (Wildman–Crippen LogP) is 0.0229. The van der Waals surface area contributed by atoms with Crippen molar-refractivity contribution in [1.82, 2.24) is 19.5 Å². The molecule has 26 heavy (non-hydrogen) atoms. The van der Waals surface area contributed by atoms with Crippen LogP contribution < -0.4 is 5.73 Å². The number of rotatable bonds is 4. The first-order valence-electron chi connectivity index (χ1n) is 8.70. The highest BCUT2D eigenvalue weighted by Crippen LogP contribution is 2.42. The lowest BCUT2D eigenvalue weighted by Crippen LogP contribution is -2.55. The van der Waals surface area contributed by atoms with Gasteiger partial charge in [0.1, 0.15) is 30.2 Å². The van der Waals surface area contributed by atoms with Crippen molar-refractivity contribution in [1.29, 1.82) is 0 Å². The Morgan fingerprint density at radius 3 is 2.62 bits per heavy atom. The Labute approximate surface area is 153 Å². The Morgan fingerprint density at radius 2 is 2.04 bits per heavy atom. The number of imidazole rings is 1. The van der Waals surface area contributed by atoms with Crippen LogP contribution in [0.4, 0.5) is 5.82 Å². The highest BCUT2D eigenvalue weighted by atomic mass is 28.3. The highest BCUT2D eigenvalue weighted by molar-refractivity contribution is 6.58. The van der Waals surface area contributed by atoms with Crippen LogP contribution in [0.5, 0.6) is 0 Å². The topological polar surface area (TPSA) is 129 Å². The zero-order valence-electron chi connectivity index (χ0n) is 15.7. The molecule has 3 rings (SSSR count). The molecule has 10 heteroatoms. The first kappa shape index (κ1) is 19.2. The van der Waals surface area contributed by atoms with Crippen molar-refractivity contribution in [2.24, 2.45) is 0 Å². The molecule has 144 valence electrons. The summed E-state index contributed by atoms with van der Waals surface area (Å²) in [5, 5.41) is 20.1. The van der Waals surface area contributed by atoms with Gasteiger partial charge in [0.25, 0.3) is 0 Å². The second-order valence-corrected chi connectivity index (χ2v) is 11.1. The molecule has 0 bridgehead atoms. The number of hydrogen-bond acceptors (Lipinski definition) is 8. The Kier molecular flexibility index (Phi) is 4.82. The minimum absolute atomic E-state index is 0.259. The summed E-state index contributed by atoms with van der Waals surface area (Å²) in [6.45, 7) is 9.58. The lowest BCUT2D eigenvalue weighted by Gasteiger charge is -2.37. The quantitative estimate of drug-likeness (QED) is 0.633. The molecule has 0 amide bonds. The third-order valence-corrected chi connectivity index (χ3v) is 7.09. The minimum atomic E-state index is -1.73. The van der Waals surface area contributed by atoms with Gasteiger partial charge in [0.2, 0.25) is 0 Å². The maximum Gasteiger partial charge on any atom is 0.167 e. The van der Waals surface area contributed by atoms with Crippen molar-refractivity contribution in [2.75, 3.05) is 12.3 Å². The Balaban J connectivity index is 2.15. The number of hydrogen-bond donors (Lipinski definition) is 3. The van der Waals surface area contributed by atoms with Gasteiger partial charge >= 0.3 is 0 Å². The molecule has 0 aliphatic carbocycles. The summed E-state index contributed by atoms with van der Waals surface area (Å²) in [4.78, 5) is 12.6. The summed E-state index contributed by atoms with van der Waals surface area (Å²) in [7, 11) is -1.73. The van der Waals surface area contributed by atoms with E-state index in [1.54, 1.807) is 10.9 Å². The van der Waals surface area contributed by atoms with Crippen LogP contribution in [0, 0.1) is 0 Å². The Bertz CT molecular complexity index is 793. The molecule has 3 heterocycles. The fourth-order valence-electron chi connectivity index (χ4n) is 3.57. The number of aliphatic hydroxyl groups excluding tert-OH is 2. The number of ether oxygens (including phenoxy) is 2. The van der Waals surface area contributed by atoms with Crippen molar-refractivity contribution in [3.8, 4) is 0 Å². The standard InChI is InChI=1S/C16H27N5O4Si/c1-15(2,3)25-11-9(6-22)24-16(12(11)23,26(4)5)21-8-20-10-13(17)18-7-19-14(10)21/h7-9,11-12,22-23,26H,6H2,1-5H3,(H2,17,18,19)/t9-,11-,12-,16+/m1/s1. The first-order valence-corrected chi connectivity index (χ1v) is 11.6. The molecule has 1 aliphatic heterocycles. The van der Waals surface area contributed by atoms with Gasteiger partial charge in [-0.3, -0.25) is 4.57 Å². The van der Waals surface area contributed by atoms with E-state index in [0.717, 1.165) is 0 Å². The summed E-state index contributed by atoms with van der Waals surface area (Å²) >= 11 is 0. The van der Waals surface area contributed by atoms with Gasteiger partial charge in [-0.15, -0.1) is 0 Å². The second kappa shape index (κ2) is 6.53. The molecular formula is C16H27N5O4Si. The van der Waals surface area contributed by atoms with Gasteiger partial charge in [-0.2, -0.15) is 0 Å². The van der Waals surface area contributed by atoms with Crippen LogP contribution in [-0.4, -0.2) is 69.0 Å². The van der Waals surface area contributed by atoms with Crippen LogP contribution >= 0.6 is 0 Å².